The lowest BCUT2D eigenvalue weighted by Gasteiger charge is -2.27. The van der Waals surface area contributed by atoms with Crippen LogP contribution >= 0.6 is 11.6 Å². The number of halogens is 1. The van der Waals surface area contributed by atoms with Gasteiger partial charge in [0.1, 0.15) is 0 Å². The van der Waals surface area contributed by atoms with Gasteiger partial charge in [-0.3, -0.25) is 0 Å². The number of nitrogens with two attached hydrogens (primary N) is 1. The van der Waals surface area contributed by atoms with E-state index in [1.165, 1.54) is 31.2 Å². The van der Waals surface area contributed by atoms with E-state index in [0.717, 1.165) is 23.3 Å². The molecule has 2 unspecified atom stereocenters. The van der Waals surface area contributed by atoms with E-state index in [0.29, 0.717) is 0 Å². The molecule has 1 aromatic carbocycles. The van der Waals surface area contributed by atoms with Gasteiger partial charge in [0.2, 0.25) is 0 Å². The third-order valence-electron chi connectivity index (χ3n) is 4.32. The summed E-state index contributed by atoms with van der Waals surface area (Å²) in [6.07, 6.45) is 6.42. The Labute approximate surface area is 102 Å². The zero-order chi connectivity index (χ0) is 11.2. The minimum atomic E-state index is 0.0791. The molecule has 0 spiro atoms. The van der Waals surface area contributed by atoms with Crippen LogP contribution in [0.3, 0.4) is 0 Å². The third kappa shape index (κ3) is 1.87. The van der Waals surface area contributed by atoms with Crippen molar-refractivity contribution >= 4 is 11.6 Å². The lowest BCUT2D eigenvalue weighted by Crippen LogP contribution is -2.32. The summed E-state index contributed by atoms with van der Waals surface area (Å²) in [5.74, 6) is 1.70. The smallest absolute Gasteiger partial charge is 0.0408 e. The van der Waals surface area contributed by atoms with Crippen LogP contribution in [0.1, 0.15) is 31.2 Å². The van der Waals surface area contributed by atoms with Gasteiger partial charge in [0.15, 0.2) is 0 Å². The van der Waals surface area contributed by atoms with Crippen molar-refractivity contribution in [2.24, 2.45) is 17.6 Å². The largest absolute Gasteiger partial charge is 0.325 e. The molecule has 1 aromatic rings. The summed E-state index contributed by atoms with van der Waals surface area (Å²) in [4.78, 5) is 0. The Balaban J connectivity index is 1.67. The van der Waals surface area contributed by atoms with Gasteiger partial charge in [0, 0.05) is 10.6 Å². The second-order valence-corrected chi connectivity index (χ2v) is 5.98. The van der Waals surface area contributed by atoms with Gasteiger partial charge in [-0.05, 0) is 42.4 Å². The zero-order valence-electron chi connectivity index (χ0n) is 9.45. The third-order valence-corrected chi connectivity index (χ3v) is 4.55. The highest BCUT2D eigenvalue weighted by Gasteiger charge is 2.55. The zero-order valence-corrected chi connectivity index (χ0v) is 10.2. The molecule has 0 saturated heterocycles. The molecule has 2 saturated carbocycles. The maximum Gasteiger partial charge on any atom is 0.0408 e. The van der Waals surface area contributed by atoms with Crippen molar-refractivity contribution in [2.75, 3.05) is 0 Å². The summed E-state index contributed by atoms with van der Waals surface area (Å²) in [6, 6.07) is 8.12. The topological polar surface area (TPSA) is 26.0 Å². The average molecular weight is 236 g/mol. The highest BCUT2D eigenvalue weighted by molar-refractivity contribution is 6.30. The summed E-state index contributed by atoms with van der Waals surface area (Å²) >= 11 is 5.99. The van der Waals surface area contributed by atoms with Crippen LogP contribution in [-0.4, -0.2) is 5.54 Å². The number of benzene rings is 1. The summed E-state index contributed by atoms with van der Waals surface area (Å²) in [7, 11) is 0. The fourth-order valence-corrected chi connectivity index (χ4v) is 3.27. The Bertz CT molecular complexity index is 399. The van der Waals surface area contributed by atoms with E-state index < -0.39 is 0 Å². The molecule has 16 heavy (non-hydrogen) atoms. The molecular formula is C14H18ClN. The molecule has 0 amide bonds. The standard InChI is InChI=1S/C14H18ClN/c15-12-6-1-3-10(7-12)8-14(16)9-13(14)11-4-2-5-11/h1,3,6-7,11,13H,2,4-5,8-9,16H2. The van der Waals surface area contributed by atoms with Gasteiger partial charge in [-0.25, -0.2) is 0 Å². The van der Waals surface area contributed by atoms with E-state index >= 15 is 0 Å². The molecule has 0 heterocycles. The molecular weight excluding hydrogens is 218 g/mol. The Hall–Kier alpha value is -0.530. The molecule has 0 aromatic heterocycles. The van der Waals surface area contributed by atoms with Crippen molar-refractivity contribution in [3.05, 3.63) is 34.9 Å². The maximum absolute atomic E-state index is 6.44. The van der Waals surface area contributed by atoms with Gasteiger partial charge in [-0.15, -0.1) is 0 Å². The highest BCUT2D eigenvalue weighted by Crippen LogP contribution is 2.54. The summed E-state index contributed by atoms with van der Waals surface area (Å²) in [5, 5.41) is 0.821. The minimum Gasteiger partial charge on any atom is -0.325 e. The van der Waals surface area contributed by atoms with Crippen LogP contribution < -0.4 is 5.73 Å². The van der Waals surface area contributed by atoms with Crippen LogP contribution in [0.5, 0.6) is 0 Å². The van der Waals surface area contributed by atoms with Gasteiger partial charge in [-0.2, -0.15) is 0 Å². The monoisotopic (exact) mass is 235 g/mol. The van der Waals surface area contributed by atoms with Crippen LogP contribution in [0.2, 0.25) is 5.02 Å². The molecule has 2 aliphatic carbocycles. The summed E-state index contributed by atoms with van der Waals surface area (Å²) in [6.45, 7) is 0. The first-order chi connectivity index (χ1) is 7.67. The molecule has 2 heteroatoms. The second kappa shape index (κ2) is 3.75. The predicted molar refractivity (Wildman–Crippen MR) is 67.5 cm³/mol. The maximum atomic E-state index is 6.44. The predicted octanol–water partition coefficient (Wildman–Crippen LogP) is 3.40. The molecule has 0 bridgehead atoms. The van der Waals surface area contributed by atoms with Crippen molar-refractivity contribution in [3.63, 3.8) is 0 Å². The Morgan fingerprint density at radius 1 is 1.38 bits per heavy atom. The molecule has 3 rings (SSSR count). The van der Waals surface area contributed by atoms with Gasteiger partial charge in [0.05, 0.1) is 0 Å². The molecule has 0 aliphatic heterocycles. The van der Waals surface area contributed by atoms with E-state index in [2.05, 4.69) is 6.07 Å². The summed E-state index contributed by atoms with van der Waals surface area (Å²) in [5.41, 5.74) is 7.81. The Morgan fingerprint density at radius 3 is 2.81 bits per heavy atom. The molecule has 2 aliphatic rings. The van der Waals surface area contributed by atoms with Crippen molar-refractivity contribution in [1.29, 1.82) is 0 Å². The molecule has 2 N–H and O–H groups in total. The fraction of sp³-hybridized carbons (Fsp3) is 0.571. The van der Waals surface area contributed by atoms with Crippen LogP contribution in [0, 0.1) is 11.8 Å². The number of hydrogen-bond acceptors (Lipinski definition) is 1. The second-order valence-electron chi connectivity index (χ2n) is 5.54. The van der Waals surface area contributed by atoms with E-state index in [1.54, 1.807) is 0 Å². The Morgan fingerprint density at radius 2 is 2.19 bits per heavy atom. The lowest BCUT2D eigenvalue weighted by molar-refractivity contribution is 0.257. The number of rotatable bonds is 3. The summed E-state index contributed by atoms with van der Waals surface area (Å²) < 4.78 is 0. The van der Waals surface area contributed by atoms with Crippen LogP contribution in [0.4, 0.5) is 0 Å². The highest BCUT2D eigenvalue weighted by atomic mass is 35.5. The molecule has 1 nitrogen and oxygen atoms in total. The van der Waals surface area contributed by atoms with Gasteiger partial charge in [-0.1, -0.05) is 43.0 Å². The van der Waals surface area contributed by atoms with Crippen molar-refractivity contribution < 1.29 is 0 Å². The first kappa shape index (κ1) is 10.6. The SMILES string of the molecule is NC1(Cc2cccc(Cl)c2)CC1C1CCC1. The Kier molecular flexibility index (Phi) is 2.49. The van der Waals surface area contributed by atoms with Crippen LogP contribution in [0.25, 0.3) is 0 Å². The fourth-order valence-electron chi connectivity index (χ4n) is 3.06. The quantitative estimate of drug-likeness (QED) is 0.854. The molecule has 2 fully saturated rings. The van der Waals surface area contributed by atoms with Gasteiger partial charge >= 0.3 is 0 Å². The van der Waals surface area contributed by atoms with Crippen molar-refractivity contribution in [3.8, 4) is 0 Å². The van der Waals surface area contributed by atoms with E-state index in [-0.39, 0.29) is 5.54 Å². The van der Waals surface area contributed by atoms with E-state index in [4.69, 9.17) is 17.3 Å². The molecule has 86 valence electrons. The first-order valence-corrected chi connectivity index (χ1v) is 6.58. The van der Waals surface area contributed by atoms with E-state index in [9.17, 15) is 0 Å². The van der Waals surface area contributed by atoms with Crippen molar-refractivity contribution in [1.82, 2.24) is 0 Å². The average Bonchev–Trinajstić information content (AvgIpc) is 2.73. The number of hydrogen-bond donors (Lipinski definition) is 1. The first-order valence-electron chi connectivity index (χ1n) is 6.21. The minimum absolute atomic E-state index is 0.0791. The lowest BCUT2D eigenvalue weighted by atomic mass is 9.79. The van der Waals surface area contributed by atoms with E-state index in [1.807, 2.05) is 18.2 Å². The van der Waals surface area contributed by atoms with Crippen molar-refractivity contribution in [2.45, 2.75) is 37.6 Å². The van der Waals surface area contributed by atoms with Gasteiger partial charge in [0.25, 0.3) is 0 Å². The van der Waals surface area contributed by atoms with Gasteiger partial charge < -0.3 is 5.73 Å². The normalized spacial score (nSPS) is 33.5. The van der Waals surface area contributed by atoms with Crippen LogP contribution in [-0.2, 0) is 6.42 Å². The molecule has 0 radical (unpaired) electrons. The molecule has 2 atom stereocenters. The van der Waals surface area contributed by atoms with Crippen LogP contribution in [0.15, 0.2) is 24.3 Å².